The first-order chi connectivity index (χ1) is 14.0. The number of nitrogens with zero attached hydrogens (tertiary/aromatic N) is 1. The third kappa shape index (κ3) is 6.96. The molecule has 0 saturated heterocycles. The fraction of sp³-hybridized carbons (Fsp3) is 0.333. The summed E-state index contributed by atoms with van der Waals surface area (Å²) in [5, 5.41) is 6.03. The van der Waals surface area contributed by atoms with Gasteiger partial charge in [-0.3, -0.25) is 14.5 Å². The molecular weight excluding hydrogens is 394 g/mol. The van der Waals surface area contributed by atoms with Crippen LogP contribution < -0.4 is 20.1 Å². The zero-order chi connectivity index (χ0) is 21.2. The van der Waals surface area contributed by atoms with E-state index in [2.05, 4.69) is 10.6 Å². The fourth-order valence-corrected chi connectivity index (χ4v) is 3.08. The molecule has 2 amide bonds. The van der Waals surface area contributed by atoms with Gasteiger partial charge in [0.1, 0.15) is 11.5 Å². The van der Waals surface area contributed by atoms with Gasteiger partial charge in [0.15, 0.2) is 0 Å². The van der Waals surface area contributed by atoms with Crippen LogP contribution in [-0.4, -0.2) is 50.6 Å². The van der Waals surface area contributed by atoms with E-state index in [1.165, 1.54) is 7.11 Å². The Hall–Kier alpha value is -2.77. The first-order valence-corrected chi connectivity index (χ1v) is 9.63. The molecule has 0 saturated carbocycles. The summed E-state index contributed by atoms with van der Waals surface area (Å²) in [4.78, 5) is 26.7. The van der Waals surface area contributed by atoms with Gasteiger partial charge in [-0.1, -0.05) is 30.7 Å². The molecule has 0 spiro atoms. The number of anilines is 2. The molecule has 0 atom stereocenters. The maximum absolute atomic E-state index is 12.4. The predicted molar refractivity (Wildman–Crippen MR) is 115 cm³/mol. The van der Waals surface area contributed by atoms with Gasteiger partial charge in [-0.2, -0.15) is 0 Å². The Labute approximate surface area is 175 Å². The third-order valence-corrected chi connectivity index (χ3v) is 4.39. The number of ether oxygens (including phenoxy) is 2. The number of carbonyl (C=O) groups is 2. The molecule has 0 aliphatic rings. The van der Waals surface area contributed by atoms with Gasteiger partial charge in [-0.25, -0.2) is 0 Å². The molecule has 2 N–H and O–H groups in total. The summed E-state index contributed by atoms with van der Waals surface area (Å²) in [6, 6.07) is 12.2. The van der Waals surface area contributed by atoms with Crippen molar-refractivity contribution in [2.24, 2.45) is 0 Å². The molecule has 29 heavy (non-hydrogen) atoms. The summed E-state index contributed by atoms with van der Waals surface area (Å²) in [6.45, 7) is 2.77. The molecule has 0 aromatic heterocycles. The Bertz CT molecular complexity index is 844. The van der Waals surface area contributed by atoms with E-state index in [1.54, 1.807) is 42.3 Å². The molecule has 2 aromatic carbocycles. The average molecular weight is 420 g/mol. The van der Waals surface area contributed by atoms with Gasteiger partial charge in [0.25, 0.3) is 0 Å². The molecule has 0 unspecified atom stereocenters. The van der Waals surface area contributed by atoms with Crippen molar-refractivity contribution in [1.29, 1.82) is 0 Å². The lowest BCUT2D eigenvalue weighted by Gasteiger charge is -2.21. The number of nitrogens with one attached hydrogen (secondary N) is 2. The molecule has 156 valence electrons. The molecule has 7 nitrogen and oxygen atoms in total. The van der Waals surface area contributed by atoms with Crippen LogP contribution in [0.4, 0.5) is 11.4 Å². The quantitative estimate of drug-likeness (QED) is 0.614. The summed E-state index contributed by atoms with van der Waals surface area (Å²) >= 11 is 6.09. The number of methoxy groups -OCH3 is 2. The highest BCUT2D eigenvalue weighted by Crippen LogP contribution is 2.27. The van der Waals surface area contributed by atoms with Crippen molar-refractivity contribution in [2.45, 2.75) is 13.3 Å². The van der Waals surface area contributed by atoms with Crippen molar-refractivity contribution in [1.82, 2.24) is 4.90 Å². The Morgan fingerprint density at radius 2 is 1.62 bits per heavy atom. The third-order valence-electron chi connectivity index (χ3n) is 4.09. The molecular formula is C21H26ClN3O4. The second kappa shape index (κ2) is 11.3. The van der Waals surface area contributed by atoms with Crippen molar-refractivity contribution in [3.63, 3.8) is 0 Å². The Kier molecular flexibility index (Phi) is 8.76. The van der Waals surface area contributed by atoms with Crippen LogP contribution in [0.3, 0.4) is 0 Å². The largest absolute Gasteiger partial charge is 0.495 e. The van der Waals surface area contributed by atoms with E-state index >= 15 is 0 Å². The number of carbonyl (C=O) groups excluding carboxylic acids is 2. The van der Waals surface area contributed by atoms with Crippen LogP contribution in [0, 0.1) is 0 Å². The minimum Gasteiger partial charge on any atom is -0.495 e. The average Bonchev–Trinajstić information content (AvgIpc) is 2.68. The lowest BCUT2D eigenvalue weighted by molar-refractivity contribution is -0.120. The smallest absolute Gasteiger partial charge is 0.238 e. The highest BCUT2D eigenvalue weighted by molar-refractivity contribution is 6.32. The van der Waals surface area contributed by atoms with Gasteiger partial charge < -0.3 is 20.1 Å². The molecule has 0 radical (unpaired) electrons. The highest BCUT2D eigenvalue weighted by Gasteiger charge is 2.16. The van der Waals surface area contributed by atoms with Crippen LogP contribution in [-0.2, 0) is 9.59 Å². The summed E-state index contributed by atoms with van der Waals surface area (Å²) < 4.78 is 10.3. The minimum atomic E-state index is -0.232. The molecule has 0 aliphatic heterocycles. The number of hydrogen-bond donors (Lipinski definition) is 2. The SMILES string of the molecule is CCCN(CC(=O)Nc1ccc(OC)c(Cl)c1)CC(=O)Nc1ccccc1OC. The highest BCUT2D eigenvalue weighted by atomic mass is 35.5. The lowest BCUT2D eigenvalue weighted by atomic mass is 10.3. The Balaban J connectivity index is 1.95. The maximum Gasteiger partial charge on any atom is 0.238 e. The molecule has 0 bridgehead atoms. The lowest BCUT2D eigenvalue weighted by Crippen LogP contribution is -2.39. The van der Waals surface area contributed by atoms with Gasteiger partial charge in [0.2, 0.25) is 11.8 Å². The molecule has 0 heterocycles. The summed E-state index contributed by atoms with van der Waals surface area (Å²) in [5.74, 6) is 0.662. The van der Waals surface area contributed by atoms with Crippen LogP contribution in [0.1, 0.15) is 13.3 Å². The normalized spacial score (nSPS) is 10.5. The first kappa shape index (κ1) is 22.5. The van der Waals surface area contributed by atoms with Gasteiger partial charge in [0.05, 0.1) is 38.0 Å². The van der Waals surface area contributed by atoms with Crippen molar-refractivity contribution in [3.8, 4) is 11.5 Å². The van der Waals surface area contributed by atoms with E-state index in [4.69, 9.17) is 21.1 Å². The summed E-state index contributed by atoms with van der Waals surface area (Å²) in [6.07, 6.45) is 0.809. The number of para-hydroxylation sites is 2. The van der Waals surface area contributed by atoms with Crippen LogP contribution in [0.25, 0.3) is 0 Å². The molecule has 2 rings (SSSR count). The second-order valence-electron chi connectivity index (χ2n) is 6.36. The number of hydrogen-bond acceptors (Lipinski definition) is 5. The van der Waals surface area contributed by atoms with E-state index < -0.39 is 0 Å². The summed E-state index contributed by atoms with van der Waals surface area (Å²) in [5.41, 5.74) is 1.16. The van der Waals surface area contributed by atoms with E-state index in [1.807, 2.05) is 19.1 Å². The standard InChI is InChI=1S/C21H26ClN3O4/c1-4-11-25(14-21(27)24-17-7-5-6-8-19(17)29-3)13-20(26)23-15-9-10-18(28-2)16(22)12-15/h5-10,12H,4,11,13-14H2,1-3H3,(H,23,26)(H,24,27). The van der Waals surface area contributed by atoms with Gasteiger partial charge >= 0.3 is 0 Å². The monoisotopic (exact) mass is 419 g/mol. The van der Waals surface area contributed by atoms with E-state index in [-0.39, 0.29) is 24.9 Å². The van der Waals surface area contributed by atoms with E-state index in [9.17, 15) is 9.59 Å². The van der Waals surface area contributed by atoms with Crippen LogP contribution in [0.2, 0.25) is 5.02 Å². The van der Waals surface area contributed by atoms with Crippen molar-refractivity contribution >= 4 is 34.8 Å². The van der Waals surface area contributed by atoms with Gasteiger partial charge in [-0.15, -0.1) is 0 Å². The number of amides is 2. The summed E-state index contributed by atoms with van der Waals surface area (Å²) in [7, 11) is 3.07. The van der Waals surface area contributed by atoms with Crippen molar-refractivity contribution in [2.75, 3.05) is 44.5 Å². The van der Waals surface area contributed by atoms with E-state index in [0.717, 1.165) is 6.42 Å². The maximum atomic E-state index is 12.4. The molecule has 0 fully saturated rings. The zero-order valence-electron chi connectivity index (χ0n) is 16.8. The van der Waals surface area contributed by atoms with Crippen molar-refractivity contribution < 1.29 is 19.1 Å². The topological polar surface area (TPSA) is 79.9 Å². The Morgan fingerprint density at radius 1 is 0.966 bits per heavy atom. The molecule has 8 heteroatoms. The number of halogens is 1. The van der Waals surface area contributed by atoms with Gasteiger partial charge in [0, 0.05) is 5.69 Å². The van der Waals surface area contributed by atoms with Gasteiger partial charge in [-0.05, 0) is 43.3 Å². The Morgan fingerprint density at radius 3 is 2.24 bits per heavy atom. The minimum absolute atomic E-state index is 0.0802. The molecule has 0 aliphatic carbocycles. The number of benzene rings is 2. The van der Waals surface area contributed by atoms with Crippen molar-refractivity contribution in [3.05, 3.63) is 47.5 Å². The number of rotatable bonds is 10. The predicted octanol–water partition coefficient (Wildman–Crippen LogP) is 3.65. The molecule has 2 aromatic rings. The first-order valence-electron chi connectivity index (χ1n) is 9.25. The zero-order valence-corrected chi connectivity index (χ0v) is 17.6. The van der Waals surface area contributed by atoms with E-state index in [0.29, 0.717) is 34.4 Å². The van der Waals surface area contributed by atoms with Crippen LogP contribution in [0.15, 0.2) is 42.5 Å². The van der Waals surface area contributed by atoms with Crippen LogP contribution in [0.5, 0.6) is 11.5 Å². The second-order valence-corrected chi connectivity index (χ2v) is 6.76. The van der Waals surface area contributed by atoms with Crippen LogP contribution >= 0.6 is 11.6 Å². The fourth-order valence-electron chi connectivity index (χ4n) is 2.82.